The van der Waals surface area contributed by atoms with E-state index < -0.39 is 12.1 Å². The third-order valence-corrected chi connectivity index (χ3v) is 5.40. The lowest BCUT2D eigenvalue weighted by Crippen LogP contribution is -2.41. The number of hydrogen-bond donors (Lipinski definition) is 3. The van der Waals surface area contributed by atoms with E-state index in [-0.39, 0.29) is 17.0 Å². The Morgan fingerprint density at radius 2 is 2.00 bits per heavy atom. The van der Waals surface area contributed by atoms with E-state index in [1.54, 1.807) is 42.3 Å². The molecule has 7 heteroatoms. The topological polar surface area (TPSA) is 85.4 Å². The van der Waals surface area contributed by atoms with E-state index in [4.69, 9.17) is 11.6 Å². The number of aromatic nitrogens is 1. The third kappa shape index (κ3) is 4.70. The first-order chi connectivity index (χ1) is 13.0. The summed E-state index contributed by atoms with van der Waals surface area (Å²) in [6.07, 6.45) is 4.29. The Morgan fingerprint density at radius 3 is 2.70 bits per heavy atom. The number of halogens is 1. The predicted molar refractivity (Wildman–Crippen MR) is 107 cm³/mol. The van der Waals surface area contributed by atoms with E-state index in [1.807, 2.05) is 0 Å². The molecular weight excluding hydrogens is 366 g/mol. The van der Waals surface area contributed by atoms with Crippen LogP contribution in [0.2, 0.25) is 5.02 Å². The van der Waals surface area contributed by atoms with E-state index in [0.717, 1.165) is 25.7 Å². The molecular formula is C20H24ClN3O3. The largest absolute Gasteiger partial charge is 0.373 e. The third-order valence-electron chi connectivity index (χ3n) is 5.07. The van der Waals surface area contributed by atoms with Gasteiger partial charge in [-0.05, 0) is 37.1 Å². The molecule has 1 unspecified atom stereocenters. The van der Waals surface area contributed by atoms with Gasteiger partial charge in [-0.2, -0.15) is 0 Å². The fourth-order valence-electron chi connectivity index (χ4n) is 3.45. The van der Waals surface area contributed by atoms with Gasteiger partial charge in [0.1, 0.15) is 12.0 Å². The van der Waals surface area contributed by atoms with Gasteiger partial charge in [-0.1, -0.05) is 36.9 Å². The van der Waals surface area contributed by atoms with Crippen molar-refractivity contribution in [3.63, 3.8) is 0 Å². The average Bonchev–Trinajstić information content (AvgIpc) is 2.68. The number of aliphatic hydroxyl groups is 1. The van der Waals surface area contributed by atoms with Crippen LogP contribution in [0.15, 0.2) is 41.2 Å². The van der Waals surface area contributed by atoms with Crippen molar-refractivity contribution in [1.29, 1.82) is 0 Å². The average molecular weight is 390 g/mol. The normalized spacial score (nSPS) is 16.0. The molecule has 3 rings (SSSR count). The summed E-state index contributed by atoms with van der Waals surface area (Å²) in [5.41, 5.74) is 0.773. The first-order valence-electron chi connectivity index (χ1n) is 9.17. The molecule has 3 N–H and O–H groups in total. The molecule has 0 spiro atoms. The van der Waals surface area contributed by atoms with Crippen molar-refractivity contribution in [2.24, 2.45) is 5.92 Å². The molecule has 0 saturated heterocycles. The predicted octanol–water partition coefficient (Wildman–Crippen LogP) is 3.42. The molecule has 0 bridgehead atoms. The zero-order valence-corrected chi connectivity index (χ0v) is 16.0. The lowest BCUT2D eigenvalue weighted by molar-refractivity contribution is 0.0463. The number of nitrogens with one attached hydrogen (secondary N) is 2. The standard InChI is InChI=1S/C20H24ClN3O3/c1-24(17-8-5-9-18(25)22-17)14-10-11-16(21)15(12-14)20(27)23-19(26)13-6-3-2-4-7-13/h5,8-13,19,26H,2-4,6-7H2,1H3,(H,22,25)(H,23,27). The zero-order valence-electron chi connectivity index (χ0n) is 15.2. The van der Waals surface area contributed by atoms with Crippen LogP contribution < -0.4 is 15.8 Å². The Bertz CT molecular complexity index is 862. The molecule has 1 aromatic heterocycles. The first kappa shape index (κ1) is 19.5. The number of carbonyl (C=O) groups excluding carboxylic acids is 1. The maximum atomic E-state index is 12.7. The van der Waals surface area contributed by atoms with Crippen molar-refractivity contribution < 1.29 is 9.90 Å². The van der Waals surface area contributed by atoms with Gasteiger partial charge < -0.3 is 20.3 Å². The van der Waals surface area contributed by atoms with Gasteiger partial charge in [0, 0.05) is 24.7 Å². The fraction of sp³-hybridized carbons (Fsp3) is 0.400. The van der Waals surface area contributed by atoms with Crippen LogP contribution >= 0.6 is 11.6 Å². The smallest absolute Gasteiger partial charge is 0.254 e. The number of benzene rings is 1. The number of amides is 1. The Balaban J connectivity index is 1.78. The quantitative estimate of drug-likeness (QED) is 0.684. The van der Waals surface area contributed by atoms with Crippen LogP contribution in [0.25, 0.3) is 0 Å². The van der Waals surface area contributed by atoms with Gasteiger partial charge in [0.25, 0.3) is 5.91 Å². The minimum atomic E-state index is -0.874. The SMILES string of the molecule is CN(c1ccc(Cl)c(C(=O)NC(O)C2CCCCC2)c1)c1cccc(=O)[nH]1. The highest BCUT2D eigenvalue weighted by Crippen LogP contribution is 2.28. The number of hydrogen-bond acceptors (Lipinski definition) is 4. The van der Waals surface area contributed by atoms with Crippen LogP contribution in [0, 0.1) is 5.92 Å². The molecule has 1 atom stereocenters. The molecule has 0 aliphatic heterocycles. The van der Waals surface area contributed by atoms with Crippen LogP contribution in [-0.4, -0.2) is 29.3 Å². The van der Waals surface area contributed by atoms with Crippen LogP contribution in [-0.2, 0) is 0 Å². The van der Waals surface area contributed by atoms with Crippen molar-refractivity contribution >= 4 is 29.0 Å². The summed E-state index contributed by atoms with van der Waals surface area (Å²) in [4.78, 5) is 28.7. The fourth-order valence-corrected chi connectivity index (χ4v) is 3.65. The number of pyridine rings is 1. The van der Waals surface area contributed by atoms with Gasteiger partial charge in [-0.15, -0.1) is 0 Å². The van der Waals surface area contributed by atoms with Gasteiger partial charge >= 0.3 is 0 Å². The van der Waals surface area contributed by atoms with E-state index >= 15 is 0 Å². The van der Waals surface area contributed by atoms with Gasteiger partial charge in [-0.3, -0.25) is 9.59 Å². The summed E-state index contributed by atoms with van der Waals surface area (Å²) in [7, 11) is 1.78. The second-order valence-corrected chi connectivity index (χ2v) is 7.35. The number of H-pyrrole nitrogens is 1. The highest BCUT2D eigenvalue weighted by atomic mass is 35.5. The second-order valence-electron chi connectivity index (χ2n) is 6.94. The van der Waals surface area contributed by atoms with Gasteiger partial charge in [0.05, 0.1) is 10.6 Å². The zero-order chi connectivity index (χ0) is 19.4. The van der Waals surface area contributed by atoms with Gasteiger partial charge in [0.15, 0.2) is 0 Å². The molecule has 1 saturated carbocycles. The van der Waals surface area contributed by atoms with Crippen LogP contribution in [0.1, 0.15) is 42.5 Å². The lowest BCUT2D eigenvalue weighted by Gasteiger charge is -2.27. The van der Waals surface area contributed by atoms with Crippen molar-refractivity contribution in [2.45, 2.75) is 38.3 Å². The maximum Gasteiger partial charge on any atom is 0.254 e. The van der Waals surface area contributed by atoms with Gasteiger partial charge in [-0.25, -0.2) is 0 Å². The molecule has 144 valence electrons. The summed E-state index contributed by atoms with van der Waals surface area (Å²) in [5, 5.41) is 13.3. The summed E-state index contributed by atoms with van der Waals surface area (Å²) in [5.74, 6) is 0.273. The van der Waals surface area contributed by atoms with E-state index in [0.29, 0.717) is 16.5 Å². The second kappa shape index (κ2) is 8.59. The van der Waals surface area contributed by atoms with E-state index in [2.05, 4.69) is 10.3 Å². The van der Waals surface area contributed by atoms with Crippen molar-refractivity contribution in [1.82, 2.24) is 10.3 Å². The number of nitrogens with zero attached hydrogens (tertiary/aromatic N) is 1. The van der Waals surface area contributed by atoms with Gasteiger partial charge in [0.2, 0.25) is 5.56 Å². The molecule has 1 aliphatic rings. The number of anilines is 2. The molecule has 1 heterocycles. The molecule has 1 fully saturated rings. The lowest BCUT2D eigenvalue weighted by atomic mass is 9.88. The Hall–Kier alpha value is -2.31. The monoisotopic (exact) mass is 389 g/mol. The number of rotatable bonds is 5. The van der Waals surface area contributed by atoms with Crippen LogP contribution in [0.4, 0.5) is 11.5 Å². The highest BCUT2D eigenvalue weighted by molar-refractivity contribution is 6.34. The minimum absolute atomic E-state index is 0.0849. The number of aromatic amines is 1. The molecule has 1 aliphatic carbocycles. The summed E-state index contributed by atoms with van der Waals surface area (Å²) in [6.45, 7) is 0. The van der Waals surface area contributed by atoms with E-state index in [9.17, 15) is 14.7 Å². The van der Waals surface area contributed by atoms with Crippen molar-refractivity contribution in [2.75, 3.05) is 11.9 Å². The van der Waals surface area contributed by atoms with Crippen LogP contribution in [0.3, 0.4) is 0 Å². The number of carbonyl (C=O) groups is 1. The Morgan fingerprint density at radius 1 is 1.26 bits per heavy atom. The summed E-state index contributed by atoms with van der Waals surface area (Å²) >= 11 is 6.22. The molecule has 0 radical (unpaired) electrons. The van der Waals surface area contributed by atoms with Crippen molar-refractivity contribution in [3.8, 4) is 0 Å². The Labute approximate surface area is 163 Å². The molecule has 1 amide bonds. The maximum absolute atomic E-state index is 12.7. The van der Waals surface area contributed by atoms with E-state index in [1.165, 1.54) is 12.5 Å². The molecule has 6 nitrogen and oxygen atoms in total. The minimum Gasteiger partial charge on any atom is -0.373 e. The van der Waals surface area contributed by atoms with Crippen molar-refractivity contribution in [3.05, 3.63) is 57.3 Å². The highest BCUT2D eigenvalue weighted by Gasteiger charge is 2.24. The molecule has 1 aromatic carbocycles. The van der Waals surface area contributed by atoms with Crippen LogP contribution in [0.5, 0.6) is 0 Å². The summed E-state index contributed by atoms with van der Waals surface area (Å²) < 4.78 is 0. The number of aliphatic hydroxyl groups excluding tert-OH is 1. The Kier molecular flexibility index (Phi) is 6.19. The first-order valence-corrected chi connectivity index (χ1v) is 9.55. The molecule has 2 aromatic rings. The molecule has 27 heavy (non-hydrogen) atoms. The summed E-state index contributed by atoms with van der Waals surface area (Å²) in [6, 6.07) is 9.91.